The Morgan fingerprint density at radius 1 is 1.35 bits per heavy atom. The molecular formula is C11H11N3O3. The number of benzene rings is 1. The van der Waals surface area contributed by atoms with Gasteiger partial charge in [0.2, 0.25) is 0 Å². The van der Waals surface area contributed by atoms with Crippen molar-refractivity contribution < 1.29 is 14.3 Å². The van der Waals surface area contributed by atoms with E-state index in [1.165, 1.54) is 0 Å². The second-order valence-corrected chi connectivity index (χ2v) is 3.78. The van der Waals surface area contributed by atoms with Crippen molar-refractivity contribution >= 4 is 17.6 Å². The molecule has 2 aliphatic rings. The second-order valence-electron chi connectivity index (χ2n) is 3.78. The fourth-order valence-corrected chi connectivity index (χ4v) is 2.10. The van der Waals surface area contributed by atoms with E-state index in [0.29, 0.717) is 19.0 Å². The molecule has 1 spiro atoms. The van der Waals surface area contributed by atoms with Crippen LogP contribution in [0.2, 0.25) is 0 Å². The largest absolute Gasteiger partial charge is 0.351 e. The first-order valence-corrected chi connectivity index (χ1v) is 5.25. The number of carbonyl (C=O) groups excluding carboxylic acids is 1. The fraction of sp³-hybridized carbons (Fsp3) is 0.273. The summed E-state index contributed by atoms with van der Waals surface area (Å²) in [5.41, 5.74) is 6.63. The first kappa shape index (κ1) is 10.2. The Morgan fingerprint density at radius 2 is 2.06 bits per heavy atom. The van der Waals surface area contributed by atoms with E-state index in [1.54, 1.807) is 0 Å². The lowest BCUT2D eigenvalue weighted by atomic mass is 10.1. The molecule has 3 rings (SSSR count). The quantitative estimate of drug-likeness (QED) is 0.688. The molecule has 1 saturated heterocycles. The van der Waals surface area contributed by atoms with Crippen LogP contribution in [-0.4, -0.2) is 25.1 Å². The lowest BCUT2D eigenvalue weighted by Gasteiger charge is -2.24. The maximum Gasteiger partial charge on any atom is 0.317 e. The Bertz CT molecular complexity index is 506. The lowest BCUT2D eigenvalue weighted by Crippen LogP contribution is -2.47. The summed E-state index contributed by atoms with van der Waals surface area (Å²) in [4.78, 5) is 15.2. The molecule has 2 amide bonds. The zero-order valence-corrected chi connectivity index (χ0v) is 8.97. The van der Waals surface area contributed by atoms with E-state index >= 15 is 0 Å². The molecule has 0 unspecified atom stereocenters. The van der Waals surface area contributed by atoms with Gasteiger partial charge in [0.15, 0.2) is 5.84 Å². The van der Waals surface area contributed by atoms with Crippen LogP contribution in [0.3, 0.4) is 0 Å². The van der Waals surface area contributed by atoms with Crippen molar-refractivity contribution in [3.8, 4) is 0 Å². The Labute approximate surface area is 97.4 Å². The van der Waals surface area contributed by atoms with E-state index in [-0.39, 0.29) is 0 Å². The topological polar surface area (TPSA) is 85.9 Å². The molecule has 0 aliphatic carbocycles. The predicted octanol–water partition coefficient (Wildman–Crippen LogP) is 0.598. The number of para-hydroxylation sites is 1. The summed E-state index contributed by atoms with van der Waals surface area (Å²) in [5, 5.41) is 2.46. The van der Waals surface area contributed by atoms with E-state index in [2.05, 4.69) is 10.3 Å². The summed E-state index contributed by atoms with van der Waals surface area (Å²) < 4.78 is 11.2. The molecule has 1 fully saturated rings. The molecule has 6 heteroatoms. The number of urea groups is 1. The van der Waals surface area contributed by atoms with Crippen molar-refractivity contribution in [2.45, 2.75) is 5.79 Å². The number of hydrogen-bond acceptors (Lipinski definition) is 4. The van der Waals surface area contributed by atoms with Crippen molar-refractivity contribution in [3.63, 3.8) is 0 Å². The van der Waals surface area contributed by atoms with Gasteiger partial charge in [-0.15, -0.1) is 0 Å². The van der Waals surface area contributed by atoms with E-state index in [9.17, 15) is 4.79 Å². The van der Waals surface area contributed by atoms with Crippen molar-refractivity contribution in [1.29, 1.82) is 0 Å². The van der Waals surface area contributed by atoms with Gasteiger partial charge >= 0.3 is 6.03 Å². The highest BCUT2D eigenvalue weighted by atomic mass is 16.7. The van der Waals surface area contributed by atoms with Gasteiger partial charge in [-0.25, -0.2) is 9.79 Å². The van der Waals surface area contributed by atoms with Crippen LogP contribution in [0.1, 0.15) is 5.56 Å². The number of primary amides is 1. The summed E-state index contributed by atoms with van der Waals surface area (Å²) in [7, 11) is 0. The number of rotatable bonds is 0. The normalized spacial score (nSPS) is 20.1. The van der Waals surface area contributed by atoms with Crippen molar-refractivity contribution in [2.24, 2.45) is 10.7 Å². The molecule has 17 heavy (non-hydrogen) atoms. The Kier molecular flexibility index (Phi) is 2.13. The van der Waals surface area contributed by atoms with E-state index in [0.717, 1.165) is 11.3 Å². The van der Waals surface area contributed by atoms with E-state index < -0.39 is 11.8 Å². The first-order valence-electron chi connectivity index (χ1n) is 5.25. The molecule has 1 aromatic rings. The van der Waals surface area contributed by atoms with Gasteiger partial charge in [-0.2, -0.15) is 0 Å². The van der Waals surface area contributed by atoms with Crippen LogP contribution in [-0.2, 0) is 15.3 Å². The minimum Gasteiger partial charge on any atom is -0.351 e. The number of hydrogen-bond donors (Lipinski definition) is 2. The fourth-order valence-electron chi connectivity index (χ4n) is 2.10. The Balaban J connectivity index is 2.09. The number of amidine groups is 1. The van der Waals surface area contributed by atoms with Gasteiger partial charge in [0.25, 0.3) is 5.79 Å². The highest BCUT2D eigenvalue weighted by molar-refractivity contribution is 6.05. The molecule has 0 bridgehead atoms. The monoisotopic (exact) mass is 233 g/mol. The minimum atomic E-state index is -1.09. The number of fused-ring (bicyclic) bond motifs is 2. The van der Waals surface area contributed by atoms with Gasteiger partial charge < -0.3 is 15.2 Å². The zero-order valence-electron chi connectivity index (χ0n) is 8.97. The molecular weight excluding hydrogens is 222 g/mol. The van der Waals surface area contributed by atoms with Crippen LogP contribution < -0.4 is 11.1 Å². The smallest absolute Gasteiger partial charge is 0.317 e. The van der Waals surface area contributed by atoms with E-state index in [4.69, 9.17) is 15.2 Å². The number of ether oxygens (including phenoxy) is 2. The van der Waals surface area contributed by atoms with E-state index in [1.807, 2.05) is 24.3 Å². The third-order valence-corrected chi connectivity index (χ3v) is 2.74. The highest BCUT2D eigenvalue weighted by Crippen LogP contribution is 2.43. The Morgan fingerprint density at radius 3 is 2.76 bits per heavy atom. The van der Waals surface area contributed by atoms with Gasteiger partial charge in [0.05, 0.1) is 18.9 Å². The molecule has 0 aromatic heterocycles. The number of nitrogens with zero attached hydrogens (tertiary/aromatic N) is 1. The van der Waals surface area contributed by atoms with Gasteiger partial charge in [0.1, 0.15) is 0 Å². The molecule has 88 valence electrons. The molecule has 6 nitrogen and oxygen atoms in total. The predicted molar refractivity (Wildman–Crippen MR) is 59.8 cm³/mol. The maximum absolute atomic E-state index is 11.0. The number of nitrogens with two attached hydrogens (primary N) is 1. The number of carbonyl (C=O) groups is 1. The summed E-state index contributed by atoms with van der Waals surface area (Å²) in [5.74, 6) is -0.797. The molecule has 0 saturated carbocycles. The molecule has 3 N–H and O–H groups in total. The van der Waals surface area contributed by atoms with Crippen molar-refractivity contribution in [2.75, 3.05) is 13.2 Å². The maximum atomic E-state index is 11.0. The summed E-state index contributed by atoms with van der Waals surface area (Å²) in [6.07, 6.45) is 0. The van der Waals surface area contributed by atoms with Crippen LogP contribution in [0.5, 0.6) is 0 Å². The average molecular weight is 233 g/mol. The van der Waals surface area contributed by atoms with Crippen molar-refractivity contribution in [1.82, 2.24) is 5.32 Å². The van der Waals surface area contributed by atoms with Crippen LogP contribution in [0.4, 0.5) is 10.5 Å². The first-order chi connectivity index (χ1) is 8.22. The zero-order chi connectivity index (χ0) is 11.9. The molecule has 2 aliphatic heterocycles. The standard InChI is InChI=1S/C11H11N3O3/c12-10(15)14-9-11(16-5-6-17-11)7-3-1-2-4-8(7)13-9/h1-4H,5-6H2,(H3,12,13,14,15). The number of nitrogens with one attached hydrogen (secondary N) is 1. The van der Waals surface area contributed by atoms with Crippen LogP contribution in [0.25, 0.3) is 0 Å². The van der Waals surface area contributed by atoms with Gasteiger partial charge in [0, 0.05) is 5.56 Å². The summed E-state index contributed by atoms with van der Waals surface area (Å²) in [6, 6.07) is 6.74. The van der Waals surface area contributed by atoms with Crippen LogP contribution in [0.15, 0.2) is 29.3 Å². The van der Waals surface area contributed by atoms with Crippen LogP contribution >= 0.6 is 0 Å². The lowest BCUT2D eigenvalue weighted by molar-refractivity contribution is -0.103. The average Bonchev–Trinajstić information content (AvgIpc) is 2.88. The van der Waals surface area contributed by atoms with Gasteiger partial charge in [-0.3, -0.25) is 5.32 Å². The summed E-state index contributed by atoms with van der Waals surface area (Å²) in [6.45, 7) is 0.904. The number of aliphatic imine (C=N–C) groups is 1. The van der Waals surface area contributed by atoms with Gasteiger partial charge in [-0.05, 0) is 6.07 Å². The molecule has 0 atom stereocenters. The van der Waals surface area contributed by atoms with Gasteiger partial charge in [-0.1, -0.05) is 18.2 Å². The highest BCUT2D eigenvalue weighted by Gasteiger charge is 2.49. The third kappa shape index (κ3) is 1.42. The van der Waals surface area contributed by atoms with Crippen molar-refractivity contribution in [3.05, 3.63) is 29.8 Å². The molecule has 2 heterocycles. The SMILES string of the molecule is NC(=O)NC1=Nc2ccccc2C12OCCO2. The second kappa shape index (κ2) is 3.54. The minimum absolute atomic E-state index is 0.295. The Hall–Kier alpha value is -1.92. The molecule has 1 aromatic carbocycles. The number of amides is 2. The third-order valence-electron chi connectivity index (χ3n) is 2.74. The van der Waals surface area contributed by atoms with Crippen LogP contribution in [0, 0.1) is 0 Å². The molecule has 0 radical (unpaired) electrons. The summed E-state index contributed by atoms with van der Waals surface area (Å²) >= 11 is 0.